The molecule has 0 spiro atoms. The lowest BCUT2D eigenvalue weighted by Gasteiger charge is -2.24. The van der Waals surface area contributed by atoms with Crippen molar-refractivity contribution in [1.82, 2.24) is 14.9 Å². The number of ether oxygens (including phenoxy) is 1. The number of carbonyl (C=O) groups is 1. The Balaban J connectivity index is 1.68. The predicted octanol–water partition coefficient (Wildman–Crippen LogP) is 4.76. The number of hydrogen-bond donors (Lipinski definition) is 2. The summed E-state index contributed by atoms with van der Waals surface area (Å²) in [6.07, 6.45) is 3.51. The molecular formula is C25H29F3N4O2. The van der Waals surface area contributed by atoms with Crippen LogP contribution in [-0.4, -0.2) is 27.6 Å². The van der Waals surface area contributed by atoms with Crippen LogP contribution in [-0.2, 0) is 6.61 Å². The number of nitrogens with zero attached hydrogens (tertiary/aromatic N) is 2. The summed E-state index contributed by atoms with van der Waals surface area (Å²) in [6, 6.07) is 5.06. The lowest BCUT2D eigenvalue weighted by Crippen LogP contribution is -2.47. The Morgan fingerprint density at radius 1 is 1.26 bits per heavy atom. The Morgan fingerprint density at radius 2 is 1.97 bits per heavy atom. The van der Waals surface area contributed by atoms with Gasteiger partial charge in [0.2, 0.25) is 5.88 Å². The summed E-state index contributed by atoms with van der Waals surface area (Å²) in [5.74, 6) is -3.26. The third kappa shape index (κ3) is 4.89. The van der Waals surface area contributed by atoms with Gasteiger partial charge in [0.15, 0.2) is 11.6 Å². The van der Waals surface area contributed by atoms with E-state index in [1.165, 1.54) is 4.52 Å². The second-order valence-electron chi connectivity index (χ2n) is 9.40. The smallest absolute Gasteiger partial charge is 0.255 e. The molecule has 1 amide bonds. The van der Waals surface area contributed by atoms with E-state index in [-0.39, 0.29) is 17.7 Å². The summed E-state index contributed by atoms with van der Waals surface area (Å²) >= 11 is 0. The second kappa shape index (κ2) is 9.29. The van der Waals surface area contributed by atoms with Crippen LogP contribution in [0.2, 0.25) is 0 Å². The van der Waals surface area contributed by atoms with Crippen molar-refractivity contribution in [2.75, 3.05) is 6.54 Å². The predicted molar refractivity (Wildman–Crippen MR) is 122 cm³/mol. The van der Waals surface area contributed by atoms with Gasteiger partial charge >= 0.3 is 0 Å². The lowest BCUT2D eigenvalue weighted by molar-refractivity contribution is 0.0944. The molecule has 1 aliphatic carbocycles. The van der Waals surface area contributed by atoms with Gasteiger partial charge in [0.25, 0.3) is 5.91 Å². The summed E-state index contributed by atoms with van der Waals surface area (Å²) in [4.78, 5) is 13.3. The second-order valence-corrected chi connectivity index (χ2v) is 9.40. The molecule has 0 saturated heterocycles. The Bertz CT molecular complexity index is 1230. The van der Waals surface area contributed by atoms with Crippen molar-refractivity contribution in [1.29, 1.82) is 0 Å². The van der Waals surface area contributed by atoms with Gasteiger partial charge in [-0.25, -0.2) is 13.2 Å². The molecule has 34 heavy (non-hydrogen) atoms. The van der Waals surface area contributed by atoms with Gasteiger partial charge < -0.3 is 15.8 Å². The van der Waals surface area contributed by atoms with E-state index < -0.39 is 35.2 Å². The van der Waals surface area contributed by atoms with Crippen LogP contribution in [0.5, 0.6) is 5.88 Å². The maximum Gasteiger partial charge on any atom is 0.255 e. The number of nitrogens with two attached hydrogens (primary N) is 1. The van der Waals surface area contributed by atoms with Crippen LogP contribution in [0, 0.1) is 24.4 Å². The first-order valence-corrected chi connectivity index (χ1v) is 11.5. The van der Waals surface area contributed by atoms with Gasteiger partial charge in [0.1, 0.15) is 12.4 Å². The summed E-state index contributed by atoms with van der Waals surface area (Å²) in [5.41, 5.74) is 7.65. The molecule has 1 aliphatic rings. The van der Waals surface area contributed by atoms with Gasteiger partial charge in [0.05, 0.1) is 22.3 Å². The highest BCUT2D eigenvalue weighted by atomic mass is 19.2. The normalized spacial score (nSPS) is 15.4. The van der Waals surface area contributed by atoms with Crippen LogP contribution < -0.4 is 15.8 Å². The monoisotopic (exact) mass is 474 g/mol. The number of benzene rings is 1. The number of fused-ring (bicyclic) bond motifs is 1. The Kier molecular flexibility index (Phi) is 6.58. The minimum absolute atomic E-state index is 0.159. The molecule has 0 radical (unpaired) electrons. The van der Waals surface area contributed by atoms with Crippen molar-refractivity contribution >= 4 is 11.4 Å². The molecule has 1 unspecified atom stereocenters. The van der Waals surface area contributed by atoms with E-state index in [0.717, 1.165) is 43.4 Å². The first-order chi connectivity index (χ1) is 16.1. The number of nitrogens with one attached hydrogen (secondary N) is 1. The molecule has 1 atom stereocenters. The summed E-state index contributed by atoms with van der Waals surface area (Å²) < 4.78 is 48.9. The van der Waals surface area contributed by atoms with Gasteiger partial charge in [-0.1, -0.05) is 13.3 Å². The first kappa shape index (κ1) is 24.1. The van der Waals surface area contributed by atoms with Crippen molar-refractivity contribution < 1.29 is 22.7 Å². The van der Waals surface area contributed by atoms with Crippen molar-refractivity contribution in [3.05, 3.63) is 64.1 Å². The minimum Gasteiger partial charge on any atom is -0.473 e. The summed E-state index contributed by atoms with van der Waals surface area (Å²) in [6.45, 7) is 5.54. The number of pyridine rings is 1. The number of carbonyl (C=O) groups excluding carboxylic acids is 1. The fraction of sp³-hybridized carbons (Fsp3) is 0.440. The highest BCUT2D eigenvalue weighted by Gasteiger charge is 2.34. The molecule has 3 aromatic rings. The summed E-state index contributed by atoms with van der Waals surface area (Å²) in [7, 11) is 0. The number of rotatable bonds is 9. The largest absolute Gasteiger partial charge is 0.473 e. The Hall–Kier alpha value is -3.07. The van der Waals surface area contributed by atoms with E-state index in [2.05, 4.69) is 10.4 Å². The van der Waals surface area contributed by atoms with Crippen molar-refractivity contribution in [3.63, 3.8) is 0 Å². The van der Waals surface area contributed by atoms with E-state index in [1.807, 2.05) is 26.8 Å². The molecule has 4 rings (SSSR count). The zero-order valence-electron chi connectivity index (χ0n) is 19.6. The van der Waals surface area contributed by atoms with E-state index in [1.54, 1.807) is 6.07 Å². The summed E-state index contributed by atoms with van der Waals surface area (Å²) in [5, 5.41) is 7.57. The third-order valence-electron chi connectivity index (χ3n) is 6.04. The van der Waals surface area contributed by atoms with Gasteiger partial charge in [-0.2, -0.15) is 9.61 Å². The molecular weight excluding hydrogens is 445 g/mol. The van der Waals surface area contributed by atoms with Gasteiger partial charge in [-0.15, -0.1) is 0 Å². The lowest BCUT2D eigenvalue weighted by atomic mass is 9.97. The fourth-order valence-corrected chi connectivity index (χ4v) is 4.12. The molecule has 2 aromatic heterocycles. The average Bonchev–Trinajstić information content (AvgIpc) is 3.55. The molecule has 1 aromatic carbocycles. The van der Waals surface area contributed by atoms with Crippen LogP contribution >= 0.6 is 0 Å². The van der Waals surface area contributed by atoms with E-state index in [0.29, 0.717) is 23.3 Å². The maximum atomic E-state index is 14.1. The quantitative estimate of drug-likeness (QED) is 0.438. The van der Waals surface area contributed by atoms with Crippen LogP contribution in [0.1, 0.15) is 72.6 Å². The van der Waals surface area contributed by atoms with Gasteiger partial charge in [0, 0.05) is 24.1 Å². The van der Waals surface area contributed by atoms with E-state index in [4.69, 9.17) is 10.5 Å². The highest BCUT2D eigenvalue weighted by Crippen LogP contribution is 2.42. The molecule has 6 nitrogen and oxygen atoms in total. The Labute approximate surface area is 196 Å². The number of aryl methyl sites for hydroxylation is 1. The number of aromatic nitrogens is 2. The minimum atomic E-state index is -1.29. The van der Waals surface area contributed by atoms with Crippen molar-refractivity contribution in [2.45, 2.75) is 64.5 Å². The highest BCUT2D eigenvalue weighted by molar-refractivity contribution is 6.02. The molecule has 182 valence electrons. The van der Waals surface area contributed by atoms with Crippen LogP contribution in [0.15, 0.2) is 24.3 Å². The average molecular weight is 475 g/mol. The van der Waals surface area contributed by atoms with Crippen molar-refractivity contribution in [3.8, 4) is 5.88 Å². The van der Waals surface area contributed by atoms with Crippen LogP contribution in [0.4, 0.5) is 13.2 Å². The molecule has 3 N–H and O–H groups in total. The van der Waals surface area contributed by atoms with Crippen LogP contribution in [0.3, 0.4) is 0 Å². The SMILES string of the molecule is CCCC(C)(N)CNC(=O)c1c(C2CC2)nn2c(OCc3c(F)ccc(F)c3F)cc(C)cc12. The molecule has 0 bridgehead atoms. The molecule has 9 heteroatoms. The van der Waals surface area contributed by atoms with Gasteiger partial charge in [-0.05, 0) is 56.9 Å². The fourth-order valence-electron chi connectivity index (χ4n) is 4.12. The van der Waals surface area contributed by atoms with E-state index >= 15 is 0 Å². The number of halogens is 3. The molecule has 0 aliphatic heterocycles. The number of amides is 1. The molecule has 1 saturated carbocycles. The number of hydrogen-bond acceptors (Lipinski definition) is 4. The topological polar surface area (TPSA) is 81.6 Å². The first-order valence-electron chi connectivity index (χ1n) is 11.5. The third-order valence-corrected chi connectivity index (χ3v) is 6.04. The van der Waals surface area contributed by atoms with Crippen LogP contribution in [0.25, 0.3) is 5.52 Å². The molecule has 2 heterocycles. The zero-order chi connectivity index (χ0) is 24.6. The molecule has 1 fully saturated rings. The van der Waals surface area contributed by atoms with E-state index in [9.17, 15) is 18.0 Å². The maximum absolute atomic E-state index is 14.1. The van der Waals surface area contributed by atoms with Gasteiger partial charge in [-0.3, -0.25) is 4.79 Å². The Morgan fingerprint density at radius 3 is 2.65 bits per heavy atom. The zero-order valence-corrected chi connectivity index (χ0v) is 19.6. The standard InChI is InChI=1S/C25H29F3N4O2/c1-4-9-25(3,29)13-30-24(33)21-19-10-14(2)11-20(32(19)31-23(21)15-5-6-15)34-12-16-17(26)7-8-18(27)22(16)28/h7-8,10-11,15H,4-6,9,12-13,29H2,1-3H3,(H,30,33). The van der Waals surface area contributed by atoms with Crippen molar-refractivity contribution in [2.24, 2.45) is 5.73 Å².